The van der Waals surface area contributed by atoms with Crippen LogP contribution in [-0.2, 0) is 11.3 Å². The van der Waals surface area contributed by atoms with Gasteiger partial charge in [-0.3, -0.25) is 4.79 Å². The molecule has 0 aliphatic carbocycles. The Hall–Kier alpha value is -5.63. The van der Waals surface area contributed by atoms with Crippen LogP contribution in [0.25, 0.3) is 17.0 Å². The van der Waals surface area contributed by atoms with E-state index in [0.717, 1.165) is 5.56 Å². The van der Waals surface area contributed by atoms with Crippen molar-refractivity contribution in [3.63, 3.8) is 0 Å². The summed E-state index contributed by atoms with van der Waals surface area (Å²) in [6, 6.07) is 26.2. The summed E-state index contributed by atoms with van der Waals surface area (Å²) >= 11 is 0. The highest BCUT2D eigenvalue weighted by molar-refractivity contribution is 6.14. The quantitative estimate of drug-likeness (QED) is 0.120. The summed E-state index contributed by atoms with van der Waals surface area (Å²) in [7, 11) is 1.31. The number of carbonyl (C=O) groups excluding carboxylic acids is 3. The number of Topliss-reactive ketones (excluding diaryl/α,β-unsaturated/α-hetero) is 1. The Morgan fingerprint density at radius 1 is 0.857 bits per heavy atom. The molecule has 4 aromatic carbocycles. The van der Waals surface area contributed by atoms with Crippen molar-refractivity contribution in [1.82, 2.24) is 0 Å². The third kappa shape index (κ3) is 5.25. The lowest BCUT2D eigenvalue weighted by Gasteiger charge is -2.07. The largest absolute Gasteiger partial charge is 0.489 e. The van der Waals surface area contributed by atoms with Crippen LogP contribution in [-0.4, -0.2) is 24.8 Å². The van der Waals surface area contributed by atoms with E-state index < -0.39 is 11.9 Å². The highest BCUT2D eigenvalue weighted by Crippen LogP contribution is 2.36. The Balaban J connectivity index is 1.19. The smallest absolute Gasteiger partial charge is 0.347 e. The molecule has 1 aromatic heterocycles. The number of aryl methyl sites for hydroxylation is 1. The molecule has 1 aliphatic rings. The fourth-order valence-corrected chi connectivity index (χ4v) is 4.66. The van der Waals surface area contributed by atoms with E-state index in [2.05, 4.69) is 0 Å². The molecular formula is C34H24O8. The van der Waals surface area contributed by atoms with Crippen LogP contribution in [0.2, 0.25) is 0 Å². The Bertz CT molecular complexity index is 1860. The first-order valence-corrected chi connectivity index (χ1v) is 13.1. The van der Waals surface area contributed by atoms with Gasteiger partial charge in [-0.1, -0.05) is 42.5 Å². The summed E-state index contributed by atoms with van der Waals surface area (Å²) in [6.45, 7) is 2.08. The molecule has 0 fully saturated rings. The number of benzene rings is 4. The molecule has 0 N–H and O–H groups in total. The molecule has 2 heterocycles. The van der Waals surface area contributed by atoms with E-state index in [0.29, 0.717) is 45.8 Å². The molecule has 0 amide bonds. The van der Waals surface area contributed by atoms with Crippen LogP contribution in [0, 0.1) is 6.92 Å². The van der Waals surface area contributed by atoms with E-state index in [-0.39, 0.29) is 28.6 Å². The lowest BCUT2D eigenvalue weighted by molar-refractivity contribution is 0.0600. The number of esters is 2. The Morgan fingerprint density at radius 2 is 1.62 bits per heavy atom. The van der Waals surface area contributed by atoms with Gasteiger partial charge in [0.25, 0.3) is 0 Å². The van der Waals surface area contributed by atoms with Gasteiger partial charge in [0.2, 0.25) is 5.78 Å². The molecule has 1 aliphatic heterocycles. The second kappa shape index (κ2) is 11.1. The number of ether oxygens (including phenoxy) is 4. The molecule has 5 aromatic rings. The topological polar surface area (TPSA) is 101 Å². The SMILES string of the molecule is COC(=O)c1ccc(C=C2Oc3cc(OC(=O)c4c(C)oc5ccc(OCc6ccccc6)cc45)ccc3C2=O)cc1. The van der Waals surface area contributed by atoms with E-state index in [1.807, 2.05) is 30.3 Å². The average Bonchev–Trinajstić information content (AvgIpc) is 3.50. The number of rotatable bonds is 7. The molecule has 0 bridgehead atoms. The molecule has 0 atom stereocenters. The summed E-state index contributed by atoms with van der Waals surface area (Å²) in [5.74, 6) is 0.216. The van der Waals surface area contributed by atoms with Gasteiger partial charge in [0, 0.05) is 11.5 Å². The number of ketones is 1. The maximum Gasteiger partial charge on any atom is 0.347 e. The van der Waals surface area contributed by atoms with Gasteiger partial charge >= 0.3 is 11.9 Å². The van der Waals surface area contributed by atoms with Gasteiger partial charge in [-0.25, -0.2) is 9.59 Å². The van der Waals surface area contributed by atoms with Crippen molar-refractivity contribution in [2.24, 2.45) is 0 Å². The van der Waals surface area contributed by atoms with Crippen LogP contribution < -0.4 is 14.2 Å². The van der Waals surface area contributed by atoms with Crippen molar-refractivity contribution in [2.75, 3.05) is 7.11 Å². The Kier molecular flexibility index (Phi) is 7.02. The van der Waals surface area contributed by atoms with Gasteiger partial charge < -0.3 is 23.4 Å². The predicted molar refractivity (Wildman–Crippen MR) is 154 cm³/mol. The van der Waals surface area contributed by atoms with Gasteiger partial charge in [0.1, 0.15) is 40.8 Å². The number of furan rings is 1. The highest BCUT2D eigenvalue weighted by atomic mass is 16.5. The van der Waals surface area contributed by atoms with Gasteiger partial charge in [0.15, 0.2) is 5.76 Å². The fourth-order valence-electron chi connectivity index (χ4n) is 4.66. The van der Waals surface area contributed by atoms with Gasteiger partial charge in [-0.15, -0.1) is 0 Å². The van der Waals surface area contributed by atoms with Crippen LogP contribution in [0.4, 0.5) is 0 Å². The number of carbonyl (C=O) groups is 3. The van der Waals surface area contributed by atoms with Crippen molar-refractivity contribution in [1.29, 1.82) is 0 Å². The molecule has 0 saturated heterocycles. The number of methoxy groups -OCH3 is 1. The lowest BCUT2D eigenvalue weighted by Crippen LogP contribution is -2.09. The van der Waals surface area contributed by atoms with Crippen LogP contribution >= 0.6 is 0 Å². The van der Waals surface area contributed by atoms with Crippen LogP contribution in [0.15, 0.2) is 101 Å². The molecule has 8 heteroatoms. The zero-order chi connectivity index (χ0) is 29.2. The zero-order valence-corrected chi connectivity index (χ0v) is 22.7. The molecule has 0 radical (unpaired) electrons. The minimum absolute atomic E-state index is 0.110. The Labute approximate surface area is 240 Å². The van der Waals surface area contributed by atoms with E-state index in [4.69, 9.17) is 23.4 Å². The second-order valence-corrected chi connectivity index (χ2v) is 9.57. The third-order valence-electron chi connectivity index (χ3n) is 6.77. The molecule has 42 heavy (non-hydrogen) atoms. The maximum absolute atomic E-state index is 13.3. The van der Waals surface area contributed by atoms with Crippen molar-refractivity contribution in [2.45, 2.75) is 13.5 Å². The van der Waals surface area contributed by atoms with Crippen molar-refractivity contribution in [3.8, 4) is 17.2 Å². The predicted octanol–water partition coefficient (Wildman–Crippen LogP) is 6.94. The Morgan fingerprint density at radius 3 is 2.38 bits per heavy atom. The average molecular weight is 561 g/mol. The highest BCUT2D eigenvalue weighted by Gasteiger charge is 2.29. The van der Waals surface area contributed by atoms with Crippen LogP contribution in [0.3, 0.4) is 0 Å². The lowest BCUT2D eigenvalue weighted by atomic mass is 10.1. The van der Waals surface area contributed by atoms with E-state index >= 15 is 0 Å². The summed E-state index contributed by atoms with van der Waals surface area (Å²) < 4.78 is 27.9. The van der Waals surface area contributed by atoms with Crippen LogP contribution in [0.1, 0.15) is 48.0 Å². The van der Waals surface area contributed by atoms with E-state index in [1.54, 1.807) is 61.5 Å². The number of hydrogen-bond acceptors (Lipinski definition) is 8. The molecular weight excluding hydrogens is 536 g/mol. The molecule has 0 saturated carbocycles. The minimum atomic E-state index is -0.614. The first-order chi connectivity index (χ1) is 20.4. The third-order valence-corrected chi connectivity index (χ3v) is 6.77. The second-order valence-electron chi connectivity index (χ2n) is 9.57. The van der Waals surface area contributed by atoms with E-state index in [9.17, 15) is 14.4 Å². The fraction of sp³-hybridized carbons (Fsp3) is 0.0882. The summed E-state index contributed by atoms with van der Waals surface area (Å²) in [4.78, 5) is 37.9. The summed E-state index contributed by atoms with van der Waals surface area (Å²) in [5.41, 5.74) is 3.24. The zero-order valence-electron chi connectivity index (χ0n) is 22.7. The van der Waals surface area contributed by atoms with Gasteiger partial charge in [0.05, 0.1) is 18.2 Å². The van der Waals surface area contributed by atoms with Gasteiger partial charge in [-0.05, 0) is 66.6 Å². The normalized spacial score (nSPS) is 13.1. The maximum atomic E-state index is 13.3. The number of fused-ring (bicyclic) bond motifs is 2. The van der Waals surface area contributed by atoms with Crippen molar-refractivity contribution in [3.05, 3.63) is 130 Å². The number of hydrogen-bond donors (Lipinski definition) is 0. The van der Waals surface area contributed by atoms with Crippen molar-refractivity contribution < 1.29 is 37.7 Å². The minimum Gasteiger partial charge on any atom is -0.489 e. The first-order valence-electron chi connectivity index (χ1n) is 13.1. The summed E-state index contributed by atoms with van der Waals surface area (Å²) in [5, 5.41) is 0.569. The molecule has 0 unspecified atom stereocenters. The monoisotopic (exact) mass is 560 g/mol. The van der Waals surface area contributed by atoms with Gasteiger partial charge in [-0.2, -0.15) is 0 Å². The first kappa shape index (κ1) is 26.6. The van der Waals surface area contributed by atoms with E-state index in [1.165, 1.54) is 19.2 Å². The van der Waals surface area contributed by atoms with Crippen LogP contribution in [0.5, 0.6) is 17.2 Å². The number of allylic oxidation sites excluding steroid dienone is 1. The van der Waals surface area contributed by atoms with Crippen molar-refractivity contribution >= 4 is 34.8 Å². The molecule has 0 spiro atoms. The molecule has 208 valence electrons. The molecule has 6 rings (SSSR count). The summed E-state index contributed by atoms with van der Waals surface area (Å²) in [6.07, 6.45) is 1.58. The molecule has 8 nitrogen and oxygen atoms in total. The standard InChI is InChI=1S/C34H24O8/c1-20-31(27-17-24(13-15-28(27)40-20)39-19-22-6-4-3-5-7-22)34(37)41-25-12-14-26-29(18-25)42-30(32(26)35)16-21-8-10-23(11-9-21)33(36)38-2/h3-18H,19H2,1-2H3.